The SMILES string of the molecule is O=C(O)CC[C@@H]1NC(=O)c2cc(Cl)ccc2N(Cc2ccccc2)C1=O. The van der Waals surface area contributed by atoms with Crippen LogP contribution in [0, 0.1) is 0 Å². The van der Waals surface area contributed by atoms with Crippen LogP contribution >= 0.6 is 11.6 Å². The molecule has 0 unspecified atom stereocenters. The molecule has 7 heteroatoms. The summed E-state index contributed by atoms with van der Waals surface area (Å²) < 4.78 is 0. The number of fused-ring (bicyclic) bond motifs is 1. The second kappa shape index (κ2) is 7.58. The van der Waals surface area contributed by atoms with Gasteiger partial charge < -0.3 is 15.3 Å². The molecule has 2 aromatic rings. The minimum absolute atomic E-state index is 0.0208. The number of aliphatic carboxylic acids is 1. The number of nitrogens with one attached hydrogen (secondary N) is 1. The van der Waals surface area contributed by atoms with Gasteiger partial charge in [-0.1, -0.05) is 41.9 Å². The molecule has 2 aromatic carbocycles. The molecular weight excluding hydrogens is 356 g/mol. The van der Waals surface area contributed by atoms with Crippen LogP contribution < -0.4 is 10.2 Å². The van der Waals surface area contributed by atoms with Crippen molar-refractivity contribution >= 4 is 35.1 Å². The summed E-state index contributed by atoms with van der Waals surface area (Å²) in [5.74, 6) is -1.81. The van der Waals surface area contributed by atoms with Gasteiger partial charge in [-0.15, -0.1) is 0 Å². The zero-order valence-electron chi connectivity index (χ0n) is 13.8. The van der Waals surface area contributed by atoms with Gasteiger partial charge in [0.15, 0.2) is 0 Å². The predicted molar refractivity (Wildman–Crippen MR) is 97.2 cm³/mol. The molecule has 3 rings (SSSR count). The molecule has 0 aromatic heterocycles. The minimum Gasteiger partial charge on any atom is -0.481 e. The van der Waals surface area contributed by atoms with Crippen LogP contribution in [-0.4, -0.2) is 28.9 Å². The molecule has 2 N–H and O–H groups in total. The van der Waals surface area contributed by atoms with Gasteiger partial charge in [0, 0.05) is 11.4 Å². The molecule has 1 heterocycles. The van der Waals surface area contributed by atoms with Crippen molar-refractivity contribution in [2.75, 3.05) is 4.90 Å². The average molecular weight is 373 g/mol. The highest BCUT2D eigenvalue weighted by molar-refractivity contribution is 6.31. The summed E-state index contributed by atoms with van der Waals surface area (Å²) in [5.41, 5.74) is 1.64. The van der Waals surface area contributed by atoms with Crippen molar-refractivity contribution in [1.29, 1.82) is 0 Å². The number of carbonyl (C=O) groups excluding carboxylic acids is 2. The Morgan fingerprint density at radius 3 is 2.58 bits per heavy atom. The molecule has 2 amide bonds. The number of hydrogen-bond acceptors (Lipinski definition) is 3. The maximum Gasteiger partial charge on any atom is 0.303 e. The van der Waals surface area contributed by atoms with Crippen molar-refractivity contribution in [1.82, 2.24) is 5.32 Å². The van der Waals surface area contributed by atoms with Gasteiger partial charge in [0.25, 0.3) is 5.91 Å². The summed E-state index contributed by atoms with van der Waals surface area (Å²) in [7, 11) is 0. The molecule has 6 nitrogen and oxygen atoms in total. The van der Waals surface area contributed by atoms with Crippen LogP contribution in [0.1, 0.15) is 28.8 Å². The smallest absolute Gasteiger partial charge is 0.303 e. The van der Waals surface area contributed by atoms with E-state index in [9.17, 15) is 14.4 Å². The fourth-order valence-corrected chi connectivity index (χ4v) is 3.09. The first-order valence-corrected chi connectivity index (χ1v) is 8.51. The lowest BCUT2D eigenvalue weighted by atomic mass is 10.1. The summed E-state index contributed by atoms with van der Waals surface area (Å²) in [6.07, 6.45) is -0.195. The van der Waals surface area contributed by atoms with E-state index in [1.165, 1.54) is 11.0 Å². The third-order valence-corrected chi connectivity index (χ3v) is 4.43. The Bertz CT molecular complexity index is 854. The van der Waals surface area contributed by atoms with E-state index in [4.69, 9.17) is 16.7 Å². The van der Waals surface area contributed by atoms with E-state index in [0.29, 0.717) is 16.3 Å². The number of anilines is 1. The second-order valence-electron chi connectivity index (χ2n) is 6.03. The van der Waals surface area contributed by atoms with E-state index in [0.717, 1.165) is 5.56 Å². The molecule has 0 fully saturated rings. The highest BCUT2D eigenvalue weighted by Crippen LogP contribution is 2.29. The van der Waals surface area contributed by atoms with Gasteiger partial charge in [0.05, 0.1) is 17.8 Å². The molecule has 0 aliphatic carbocycles. The molecule has 134 valence electrons. The monoisotopic (exact) mass is 372 g/mol. The average Bonchev–Trinajstić information content (AvgIpc) is 2.71. The van der Waals surface area contributed by atoms with Gasteiger partial charge in [0.1, 0.15) is 6.04 Å². The molecule has 26 heavy (non-hydrogen) atoms. The van der Waals surface area contributed by atoms with E-state index in [1.807, 2.05) is 30.3 Å². The quantitative estimate of drug-likeness (QED) is 0.844. The molecule has 0 saturated carbocycles. The number of amides is 2. The van der Waals surface area contributed by atoms with Crippen molar-refractivity contribution in [3.63, 3.8) is 0 Å². The molecule has 1 atom stereocenters. The van der Waals surface area contributed by atoms with Gasteiger partial charge in [-0.25, -0.2) is 0 Å². The standard InChI is InChI=1S/C19H17ClN2O4/c20-13-6-8-16-14(10-13)18(25)21-15(7-9-17(23)24)19(26)22(16)11-12-4-2-1-3-5-12/h1-6,8,10,15H,7,9,11H2,(H,21,25)(H,23,24)/t15-/m0/s1. The van der Waals surface area contributed by atoms with Crippen molar-refractivity contribution in [2.24, 2.45) is 0 Å². The van der Waals surface area contributed by atoms with Gasteiger partial charge >= 0.3 is 5.97 Å². The number of benzene rings is 2. The Kier molecular flexibility index (Phi) is 5.23. The van der Waals surface area contributed by atoms with Crippen LogP contribution in [0.3, 0.4) is 0 Å². The first-order chi connectivity index (χ1) is 12.5. The van der Waals surface area contributed by atoms with Crippen LogP contribution in [0.4, 0.5) is 5.69 Å². The summed E-state index contributed by atoms with van der Waals surface area (Å²) in [6, 6.07) is 13.2. The van der Waals surface area contributed by atoms with E-state index < -0.39 is 17.9 Å². The van der Waals surface area contributed by atoms with Crippen molar-refractivity contribution in [3.8, 4) is 0 Å². The van der Waals surface area contributed by atoms with Crippen LogP contribution in [0.5, 0.6) is 0 Å². The second-order valence-corrected chi connectivity index (χ2v) is 6.47. The molecule has 1 aliphatic heterocycles. The largest absolute Gasteiger partial charge is 0.481 e. The summed E-state index contributed by atoms with van der Waals surface area (Å²) in [6.45, 7) is 0.271. The number of nitrogens with zero attached hydrogens (tertiary/aromatic N) is 1. The lowest BCUT2D eigenvalue weighted by Crippen LogP contribution is -2.45. The topological polar surface area (TPSA) is 86.7 Å². The highest BCUT2D eigenvalue weighted by atomic mass is 35.5. The van der Waals surface area contributed by atoms with E-state index in [2.05, 4.69) is 5.32 Å². The Balaban J connectivity index is 2.01. The van der Waals surface area contributed by atoms with Crippen LogP contribution in [0.15, 0.2) is 48.5 Å². The predicted octanol–water partition coefficient (Wildman–Crippen LogP) is 2.85. The van der Waals surface area contributed by atoms with Gasteiger partial charge in [-0.3, -0.25) is 14.4 Å². The normalized spacial score (nSPS) is 16.7. The lowest BCUT2D eigenvalue weighted by molar-refractivity contribution is -0.137. The number of carbonyl (C=O) groups is 3. The Labute approximate surface area is 155 Å². The van der Waals surface area contributed by atoms with Crippen molar-refractivity contribution in [3.05, 3.63) is 64.7 Å². The first-order valence-electron chi connectivity index (χ1n) is 8.13. The molecular formula is C19H17ClN2O4. The fraction of sp³-hybridized carbons (Fsp3) is 0.211. The van der Waals surface area contributed by atoms with Gasteiger partial charge in [-0.05, 0) is 30.2 Å². The molecule has 0 spiro atoms. The number of hydrogen-bond donors (Lipinski definition) is 2. The van der Waals surface area contributed by atoms with Gasteiger partial charge in [-0.2, -0.15) is 0 Å². The van der Waals surface area contributed by atoms with E-state index in [1.54, 1.807) is 12.1 Å². The molecule has 1 aliphatic rings. The van der Waals surface area contributed by atoms with Gasteiger partial charge in [0.2, 0.25) is 5.91 Å². The zero-order chi connectivity index (χ0) is 18.7. The van der Waals surface area contributed by atoms with Crippen LogP contribution in [-0.2, 0) is 16.1 Å². The first kappa shape index (κ1) is 17.9. The van der Waals surface area contributed by atoms with E-state index in [-0.39, 0.29) is 25.3 Å². The number of carboxylic acids is 1. The Hall–Kier alpha value is -2.86. The summed E-state index contributed by atoms with van der Waals surface area (Å²) >= 11 is 6.02. The molecule has 0 radical (unpaired) electrons. The Morgan fingerprint density at radius 1 is 1.15 bits per heavy atom. The number of rotatable bonds is 5. The third-order valence-electron chi connectivity index (χ3n) is 4.19. The maximum absolute atomic E-state index is 13.0. The van der Waals surface area contributed by atoms with Crippen molar-refractivity contribution in [2.45, 2.75) is 25.4 Å². The van der Waals surface area contributed by atoms with E-state index >= 15 is 0 Å². The van der Waals surface area contributed by atoms with Crippen molar-refractivity contribution < 1.29 is 19.5 Å². The highest BCUT2D eigenvalue weighted by Gasteiger charge is 2.34. The number of halogens is 1. The lowest BCUT2D eigenvalue weighted by Gasteiger charge is -2.25. The summed E-state index contributed by atoms with van der Waals surface area (Å²) in [4.78, 5) is 38.0. The Morgan fingerprint density at radius 2 is 1.88 bits per heavy atom. The zero-order valence-corrected chi connectivity index (χ0v) is 14.6. The molecule has 0 saturated heterocycles. The van der Waals surface area contributed by atoms with Crippen LogP contribution in [0.2, 0.25) is 5.02 Å². The minimum atomic E-state index is -1.02. The summed E-state index contributed by atoms with van der Waals surface area (Å²) in [5, 5.41) is 11.9. The molecule has 0 bridgehead atoms. The maximum atomic E-state index is 13.0. The number of carboxylic acid groups (broad SMARTS) is 1. The fourth-order valence-electron chi connectivity index (χ4n) is 2.92. The van der Waals surface area contributed by atoms with Crippen LogP contribution in [0.25, 0.3) is 0 Å². The third kappa shape index (κ3) is 3.86.